The van der Waals surface area contributed by atoms with Crippen LogP contribution in [0, 0.1) is 28.4 Å². The molecule has 0 aromatic heterocycles. The first-order valence-electron chi connectivity index (χ1n) is 11.5. The average molecular weight is 522 g/mol. The summed E-state index contributed by atoms with van der Waals surface area (Å²) in [4.78, 5) is 37.1. The van der Waals surface area contributed by atoms with Gasteiger partial charge in [-0.1, -0.05) is 28.0 Å². The third kappa shape index (κ3) is 8.78. The summed E-state index contributed by atoms with van der Waals surface area (Å²) in [6.07, 6.45) is 5.77. The third-order valence-corrected chi connectivity index (χ3v) is 8.62. The van der Waals surface area contributed by atoms with E-state index in [4.69, 9.17) is 9.47 Å². The predicted molar refractivity (Wildman–Crippen MR) is 138 cm³/mol. The van der Waals surface area contributed by atoms with E-state index in [1.54, 1.807) is 13.8 Å². The Balaban J connectivity index is 1.92. The zero-order valence-corrected chi connectivity index (χ0v) is 21.9. The quantitative estimate of drug-likeness (QED) is 0.0676. The van der Waals surface area contributed by atoms with Crippen LogP contribution in [0.2, 0.25) is 0 Å². The minimum absolute atomic E-state index is 0.0378. The number of nitro benzene ring substituents is 1. The van der Waals surface area contributed by atoms with Crippen LogP contribution in [0.5, 0.6) is 5.75 Å². The minimum Gasteiger partial charge on any atom is -0.496 e. The summed E-state index contributed by atoms with van der Waals surface area (Å²) in [5.74, 6) is 0.652. The molecule has 1 heterocycles. The summed E-state index contributed by atoms with van der Waals surface area (Å²) in [6, 6.07) is 4.70. The number of likely N-dealkylation sites (N-methyl/N-ethyl adjacent to an activating group) is 1. The molecule has 0 spiro atoms. The van der Waals surface area contributed by atoms with Crippen molar-refractivity contribution in [2.24, 2.45) is 0 Å². The number of hydrogen-bond donors (Lipinski definition) is 0. The maximum absolute atomic E-state index is 12.9. The summed E-state index contributed by atoms with van der Waals surface area (Å²) < 4.78 is 10.5. The molecule has 11 heteroatoms. The highest BCUT2D eigenvalue weighted by atomic mass is 33.1. The second-order valence-corrected chi connectivity index (χ2v) is 10.8. The molecule has 0 bridgehead atoms. The standard InChI is InChI=1S/C24H31N3O6S2/c1-4-26(10-11-33-23(28)8-6-5-7-20-9-12-34-35-20)24(29)19(16-25)13-18-14-21(27(30)31)17(2)22(15-18)32-3/h13-15,20H,4-12H2,1-3H3/b19-13+. The fourth-order valence-corrected chi connectivity index (χ4v) is 6.64. The minimum atomic E-state index is -0.542. The number of nitriles is 1. The molecule has 1 aromatic rings. The first kappa shape index (κ1) is 28.5. The molecule has 1 aliphatic heterocycles. The van der Waals surface area contributed by atoms with Crippen LogP contribution in [0.1, 0.15) is 50.2 Å². The van der Waals surface area contributed by atoms with Gasteiger partial charge in [-0.05, 0) is 50.8 Å². The number of nitro groups is 1. The summed E-state index contributed by atoms with van der Waals surface area (Å²) in [6.45, 7) is 3.82. The number of carbonyl (C=O) groups excluding carboxylic acids is 2. The number of ether oxygens (including phenoxy) is 2. The van der Waals surface area contributed by atoms with Crippen molar-refractivity contribution in [3.05, 3.63) is 38.9 Å². The maximum Gasteiger partial charge on any atom is 0.305 e. The van der Waals surface area contributed by atoms with Crippen molar-refractivity contribution in [3.63, 3.8) is 0 Å². The van der Waals surface area contributed by atoms with Gasteiger partial charge in [0.15, 0.2) is 0 Å². The number of rotatable bonds is 13. The van der Waals surface area contributed by atoms with Gasteiger partial charge in [0.25, 0.3) is 11.6 Å². The van der Waals surface area contributed by atoms with Crippen LogP contribution in [0.3, 0.4) is 0 Å². The van der Waals surface area contributed by atoms with Gasteiger partial charge >= 0.3 is 5.97 Å². The lowest BCUT2D eigenvalue weighted by atomic mass is 10.1. The molecule has 2 rings (SSSR count). The number of benzene rings is 1. The van der Waals surface area contributed by atoms with Crippen LogP contribution < -0.4 is 4.74 Å². The number of unbranched alkanes of at least 4 members (excludes halogenated alkanes) is 1. The van der Waals surface area contributed by atoms with E-state index in [1.807, 2.05) is 27.7 Å². The van der Waals surface area contributed by atoms with Gasteiger partial charge < -0.3 is 14.4 Å². The van der Waals surface area contributed by atoms with Crippen LogP contribution in [0.4, 0.5) is 5.69 Å². The molecule has 0 aliphatic carbocycles. The van der Waals surface area contributed by atoms with E-state index in [0.717, 1.165) is 19.3 Å². The monoisotopic (exact) mass is 521 g/mol. The normalized spacial score (nSPS) is 15.4. The number of nitrogens with zero attached hydrogens (tertiary/aromatic N) is 3. The van der Waals surface area contributed by atoms with E-state index in [2.05, 4.69) is 0 Å². The Labute approximate surface area is 213 Å². The van der Waals surface area contributed by atoms with Gasteiger partial charge in [0.05, 0.1) is 24.1 Å². The molecule has 9 nitrogen and oxygen atoms in total. The van der Waals surface area contributed by atoms with Gasteiger partial charge in [-0.2, -0.15) is 5.26 Å². The second kappa shape index (κ2) is 14.6. The van der Waals surface area contributed by atoms with E-state index in [1.165, 1.54) is 42.4 Å². The van der Waals surface area contributed by atoms with E-state index in [-0.39, 0.29) is 36.1 Å². The molecule has 35 heavy (non-hydrogen) atoms. The zero-order chi connectivity index (χ0) is 25.8. The Morgan fingerprint density at radius 3 is 2.74 bits per heavy atom. The molecule has 1 unspecified atom stereocenters. The van der Waals surface area contributed by atoms with Crippen molar-refractivity contribution < 1.29 is 24.0 Å². The topological polar surface area (TPSA) is 123 Å². The smallest absolute Gasteiger partial charge is 0.305 e. The van der Waals surface area contributed by atoms with Gasteiger partial charge in [-0.25, -0.2) is 0 Å². The highest BCUT2D eigenvalue weighted by molar-refractivity contribution is 8.77. The van der Waals surface area contributed by atoms with E-state index in [0.29, 0.717) is 29.3 Å². The molecule has 0 radical (unpaired) electrons. The Hall–Kier alpha value is -2.71. The molecule has 190 valence electrons. The molecule has 1 aliphatic rings. The van der Waals surface area contributed by atoms with Gasteiger partial charge in [0.1, 0.15) is 24.0 Å². The molecule has 1 aromatic carbocycles. The van der Waals surface area contributed by atoms with Gasteiger partial charge in [0.2, 0.25) is 0 Å². The highest BCUT2D eigenvalue weighted by Crippen LogP contribution is 2.39. The fourth-order valence-electron chi connectivity index (χ4n) is 3.61. The van der Waals surface area contributed by atoms with Gasteiger partial charge in [-0.15, -0.1) is 0 Å². The number of methoxy groups -OCH3 is 1. The van der Waals surface area contributed by atoms with Crippen LogP contribution in [-0.4, -0.2) is 59.5 Å². The van der Waals surface area contributed by atoms with E-state index < -0.39 is 10.8 Å². The van der Waals surface area contributed by atoms with Crippen LogP contribution in [0.15, 0.2) is 17.7 Å². The number of esters is 1. The van der Waals surface area contributed by atoms with Crippen molar-refractivity contribution in [1.82, 2.24) is 4.90 Å². The largest absolute Gasteiger partial charge is 0.496 e. The maximum atomic E-state index is 12.9. The van der Waals surface area contributed by atoms with Gasteiger partial charge in [-0.3, -0.25) is 19.7 Å². The lowest BCUT2D eigenvalue weighted by Crippen LogP contribution is -2.35. The van der Waals surface area contributed by atoms with Crippen molar-refractivity contribution in [1.29, 1.82) is 5.26 Å². The van der Waals surface area contributed by atoms with Crippen molar-refractivity contribution in [3.8, 4) is 11.8 Å². The molecule has 0 N–H and O–H groups in total. The van der Waals surface area contributed by atoms with Crippen molar-refractivity contribution in [2.75, 3.05) is 32.6 Å². The lowest BCUT2D eigenvalue weighted by molar-refractivity contribution is -0.385. The Morgan fingerprint density at radius 2 is 2.14 bits per heavy atom. The second-order valence-electron chi connectivity index (χ2n) is 7.97. The Bertz CT molecular complexity index is 986. The first-order valence-corrected chi connectivity index (χ1v) is 13.9. The first-order chi connectivity index (χ1) is 16.8. The van der Waals surface area contributed by atoms with E-state index >= 15 is 0 Å². The fraction of sp³-hybridized carbons (Fsp3) is 0.542. The summed E-state index contributed by atoms with van der Waals surface area (Å²) >= 11 is 0. The molecule has 1 saturated heterocycles. The lowest BCUT2D eigenvalue weighted by Gasteiger charge is -2.20. The molecular formula is C24H31N3O6S2. The number of carbonyl (C=O) groups is 2. The SMILES string of the molecule is CCN(CCOC(=O)CCCCC1CCSS1)C(=O)/C(C#N)=C/c1cc(OC)c(C)c([N+](=O)[O-])c1. The van der Waals surface area contributed by atoms with Crippen LogP contribution in [0.25, 0.3) is 6.08 Å². The van der Waals surface area contributed by atoms with Crippen molar-refractivity contribution in [2.45, 2.75) is 51.2 Å². The third-order valence-electron chi connectivity index (χ3n) is 5.61. The predicted octanol–water partition coefficient (Wildman–Crippen LogP) is 4.92. The molecule has 1 amide bonds. The highest BCUT2D eigenvalue weighted by Gasteiger charge is 2.20. The summed E-state index contributed by atoms with van der Waals surface area (Å²) in [5, 5.41) is 21.6. The molecule has 0 saturated carbocycles. The number of hydrogen-bond acceptors (Lipinski definition) is 9. The summed E-state index contributed by atoms with van der Waals surface area (Å²) in [5.41, 5.74) is 0.316. The molecule has 1 atom stereocenters. The number of amides is 1. The average Bonchev–Trinajstić information content (AvgIpc) is 3.36. The molecule has 1 fully saturated rings. The zero-order valence-electron chi connectivity index (χ0n) is 20.3. The van der Waals surface area contributed by atoms with E-state index in [9.17, 15) is 25.0 Å². The molecular weight excluding hydrogens is 490 g/mol. The van der Waals surface area contributed by atoms with Gasteiger partial charge in [0, 0.05) is 30.0 Å². The van der Waals surface area contributed by atoms with Crippen LogP contribution >= 0.6 is 21.6 Å². The van der Waals surface area contributed by atoms with Crippen LogP contribution in [-0.2, 0) is 14.3 Å². The Kier molecular flexibility index (Phi) is 11.9. The Morgan fingerprint density at radius 1 is 1.37 bits per heavy atom. The van der Waals surface area contributed by atoms with Crippen molar-refractivity contribution >= 4 is 45.2 Å². The summed E-state index contributed by atoms with van der Waals surface area (Å²) in [7, 11) is 5.23.